The van der Waals surface area contributed by atoms with Crippen molar-refractivity contribution in [2.45, 2.75) is 56.5 Å². The molecule has 0 bridgehead atoms. The topological polar surface area (TPSA) is 61.0 Å². The van der Waals surface area contributed by atoms with Crippen LogP contribution >= 0.6 is 15.9 Å². The zero-order valence-electron chi connectivity index (χ0n) is 11.3. The molecule has 4 nitrogen and oxygen atoms in total. The molecule has 0 spiro atoms. The molecule has 19 heavy (non-hydrogen) atoms. The fourth-order valence-electron chi connectivity index (χ4n) is 2.96. The van der Waals surface area contributed by atoms with Gasteiger partial charge in [-0.05, 0) is 41.6 Å². The Morgan fingerprint density at radius 2 is 1.89 bits per heavy atom. The van der Waals surface area contributed by atoms with Gasteiger partial charge in [0.25, 0.3) is 0 Å². The summed E-state index contributed by atoms with van der Waals surface area (Å²) in [4.78, 5) is 9.30. The van der Waals surface area contributed by atoms with E-state index in [0.717, 1.165) is 28.8 Å². The Hall–Kier alpha value is -0.680. The van der Waals surface area contributed by atoms with Gasteiger partial charge in [0.2, 0.25) is 0 Å². The van der Waals surface area contributed by atoms with Crippen LogP contribution < -0.4 is 5.73 Å². The van der Waals surface area contributed by atoms with Gasteiger partial charge in [0.15, 0.2) is 5.82 Å². The van der Waals surface area contributed by atoms with E-state index >= 15 is 0 Å². The van der Waals surface area contributed by atoms with E-state index in [0.29, 0.717) is 11.7 Å². The highest BCUT2D eigenvalue weighted by Gasteiger charge is 2.39. The van der Waals surface area contributed by atoms with E-state index in [1.807, 2.05) is 0 Å². The van der Waals surface area contributed by atoms with Crippen LogP contribution in [0.2, 0.25) is 0 Å². The minimum atomic E-state index is -0.323. The second-order valence-corrected chi connectivity index (χ2v) is 6.46. The smallest absolute Gasteiger partial charge is 0.162 e. The van der Waals surface area contributed by atoms with Gasteiger partial charge in [-0.15, -0.1) is 0 Å². The average molecular weight is 326 g/mol. The number of rotatable bonds is 3. The van der Waals surface area contributed by atoms with Crippen LogP contribution in [0.4, 0.5) is 5.82 Å². The van der Waals surface area contributed by atoms with Crippen molar-refractivity contribution in [3.63, 3.8) is 0 Å². The highest BCUT2D eigenvalue weighted by molar-refractivity contribution is 9.10. The molecule has 104 valence electrons. The zero-order chi connectivity index (χ0) is 13.5. The summed E-state index contributed by atoms with van der Waals surface area (Å²) in [7, 11) is 1.77. The fraction of sp³-hybridized carbons (Fsp3) is 0.714. The molecule has 0 aliphatic heterocycles. The molecular formula is C14H20BrN3O. The molecule has 0 atom stereocenters. The number of halogens is 1. The van der Waals surface area contributed by atoms with Crippen LogP contribution in [0.1, 0.15) is 62.4 Å². The number of hydrogen-bond donors (Lipinski definition) is 1. The molecule has 0 radical (unpaired) electrons. The molecule has 2 N–H and O–H groups in total. The van der Waals surface area contributed by atoms with Crippen molar-refractivity contribution in [1.29, 1.82) is 0 Å². The first kappa shape index (κ1) is 13.3. The lowest BCUT2D eigenvalue weighted by atomic mass is 9.84. The molecule has 1 heterocycles. The zero-order valence-corrected chi connectivity index (χ0v) is 12.9. The highest BCUT2D eigenvalue weighted by atomic mass is 79.9. The largest absolute Gasteiger partial charge is 0.383 e. The first-order chi connectivity index (χ1) is 9.16. The third-order valence-electron chi connectivity index (χ3n) is 4.33. The van der Waals surface area contributed by atoms with Crippen LogP contribution in [-0.4, -0.2) is 17.1 Å². The maximum atomic E-state index is 6.05. The van der Waals surface area contributed by atoms with Gasteiger partial charge in [0.05, 0.1) is 10.2 Å². The lowest BCUT2D eigenvalue weighted by molar-refractivity contribution is -0.0515. The number of nitrogens with two attached hydrogens (primary N) is 1. The first-order valence-corrected chi connectivity index (χ1v) is 7.84. The van der Waals surface area contributed by atoms with Gasteiger partial charge >= 0.3 is 0 Å². The second-order valence-electron chi connectivity index (χ2n) is 5.67. The van der Waals surface area contributed by atoms with Crippen molar-refractivity contribution in [2.75, 3.05) is 12.8 Å². The van der Waals surface area contributed by atoms with Crippen LogP contribution in [0, 0.1) is 0 Å². The summed E-state index contributed by atoms with van der Waals surface area (Å²) in [6.07, 6.45) is 8.01. The van der Waals surface area contributed by atoms with Crippen molar-refractivity contribution in [3.8, 4) is 0 Å². The number of anilines is 1. The lowest BCUT2D eigenvalue weighted by Gasteiger charge is -2.34. The summed E-state index contributed by atoms with van der Waals surface area (Å²) < 4.78 is 6.69. The van der Waals surface area contributed by atoms with E-state index in [1.54, 1.807) is 7.11 Å². The Labute approximate surface area is 122 Å². The summed E-state index contributed by atoms with van der Waals surface area (Å²) in [6.45, 7) is 0. The molecule has 2 saturated carbocycles. The van der Waals surface area contributed by atoms with Crippen molar-refractivity contribution in [3.05, 3.63) is 16.0 Å². The van der Waals surface area contributed by atoms with Crippen molar-refractivity contribution in [1.82, 2.24) is 9.97 Å². The number of methoxy groups -OCH3 is 1. The van der Waals surface area contributed by atoms with E-state index < -0.39 is 0 Å². The average Bonchev–Trinajstić information content (AvgIpc) is 3.27. The number of aromatic nitrogens is 2. The van der Waals surface area contributed by atoms with E-state index in [2.05, 4.69) is 20.9 Å². The minimum absolute atomic E-state index is 0.323. The van der Waals surface area contributed by atoms with E-state index in [9.17, 15) is 0 Å². The Kier molecular flexibility index (Phi) is 3.52. The van der Waals surface area contributed by atoms with Crippen LogP contribution in [-0.2, 0) is 10.3 Å². The highest BCUT2D eigenvalue weighted by Crippen LogP contribution is 2.45. The number of hydrogen-bond acceptors (Lipinski definition) is 4. The Balaban J connectivity index is 2.03. The Morgan fingerprint density at radius 3 is 2.47 bits per heavy atom. The van der Waals surface area contributed by atoms with E-state index in [1.165, 1.54) is 32.1 Å². The first-order valence-electron chi connectivity index (χ1n) is 7.05. The summed E-state index contributed by atoms with van der Waals surface area (Å²) >= 11 is 3.53. The van der Waals surface area contributed by atoms with E-state index in [-0.39, 0.29) is 5.60 Å². The van der Waals surface area contributed by atoms with Crippen molar-refractivity contribution >= 4 is 21.7 Å². The molecule has 0 saturated heterocycles. The van der Waals surface area contributed by atoms with Crippen molar-refractivity contribution < 1.29 is 4.74 Å². The van der Waals surface area contributed by atoms with Gasteiger partial charge in [-0.1, -0.05) is 19.3 Å². The minimum Gasteiger partial charge on any atom is -0.383 e. The van der Waals surface area contributed by atoms with Gasteiger partial charge in [-0.25, -0.2) is 9.97 Å². The van der Waals surface area contributed by atoms with Crippen LogP contribution in [0.25, 0.3) is 0 Å². The van der Waals surface area contributed by atoms with Crippen LogP contribution in [0.15, 0.2) is 4.47 Å². The molecular weight excluding hydrogens is 306 g/mol. The van der Waals surface area contributed by atoms with Crippen LogP contribution in [0.5, 0.6) is 0 Å². The third-order valence-corrected chi connectivity index (χ3v) is 5.14. The second kappa shape index (κ2) is 5.02. The fourth-order valence-corrected chi connectivity index (χ4v) is 3.46. The monoisotopic (exact) mass is 325 g/mol. The summed E-state index contributed by atoms with van der Waals surface area (Å²) in [5, 5.41) is 0. The molecule has 0 unspecified atom stereocenters. The van der Waals surface area contributed by atoms with Crippen molar-refractivity contribution in [2.24, 2.45) is 0 Å². The van der Waals surface area contributed by atoms with Gasteiger partial charge in [-0.2, -0.15) is 0 Å². The molecule has 0 aromatic carbocycles. The predicted molar refractivity (Wildman–Crippen MR) is 77.9 cm³/mol. The van der Waals surface area contributed by atoms with Gasteiger partial charge in [0, 0.05) is 13.0 Å². The van der Waals surface area contributed by atoms with Gasteiger partial charge < -0.3 is 10.5 Å². The van der Waals surface area contributed by atoms with Gasteiger partial charge in [0.1, 0.15) is 11.4 Å². The molecule has 5 heteroatoms. The summed E-state index contributed by atoms with van der Waals surface area (Å²) in [6, 6.07) is 0. The SMILES string of the molecule is COC1(c2nc(N)c(Br)c(C3CC3)n2)CCCCC1. The number of ether oxygens (including phenoxy) is 1. The molecule has 3 rings (SSSR count). The number of nitrogens with zero attached hydrogens (tertiary/aromatic N) is 2. The quantitative estimate of drug-likeness (QED) is 0.923. The van der Waals surface area contributed by atoms with E-state index in [4.69, 9.17) is 15.5 Å². The molecule has 0 amide bonds. The molecule has 1 aromatic rings. The number of nitrogen functional groups attached to an aromatic ring is 1. The Morgan fingerprint density at radius 1 is 1.21 bits per heavy atom. The van der Waals surface area contributed by atoms with Crippen LogP contribution in [0.3, 0.4) is 0 Å². The third kappa shape index (κ3) is 2.38. The standard InChI is InChI=1S/C14H20BrN3O/c1-19-14(7-3-2-4-8-14)13-17-11(9-5-6-9)10(15)12(16)18-13/h9H,2-8H2,1H3,(H2,16,17,18). The lowest BCUT2D eigenvalue weighted by Crippen LogP contribution is -2.34. The normalized spacial score (nSPS) is 22.4. The molecule has 1 aromatic heterocycles. The maximum Gasteiger partial charge on any atom is 0.162 e. The summed E-state index contributed by atoms with van der Waals surface area (Å²) in [5.41, 5.74) is 6.80. The molecule has 2 aliphatic carbocycles. The maximum absolute atomic E-state index is 6.05. The predicted octanol–water partition coefficient (Wildman–Crippen LogP) is 3.50. The molecule has 2 fully saturated rings. The Bertz CT molecular complexity index is 482. The summed E-state index contributed by atoms with van der Waals surface area (Å²) in [5.74, 6) is 1.89. The molecule has 2 aliphatic rings. The van der Waals surface area contributed by atoms with Gasteiger partial charge in [-0.3, -0.25) is 0 Å².